The molecule has 106 valence electrons. The first-order valence-corrected chi connectivity index (χ1v) is 6.66. The number of carbonyl (C=O) groups is 1. The Labute approximate surface area is 122 Å². The molecule has 2 N–H and O–H groups in total. The van der Waals surface area contributed by atoms with E-state index in [-0.39, 0.29) is 5.91 Å². The number of nitrogens with one attached hydrogen (secondary N) is 2. The summed E-state index contributed by atoms with van der Waals surface area (Å²) in [5, 5.41) is 10.3. The van der Waals surface area contributed by atoms with Gasteiger partial charge in [0, 0.05) is 30.8 Å². The number of amides is 1. The lowest BCUT2D eigenvalue weighted by atomic mass is 10.1. The first-order valence-electron chi connectivity index (χ1n) is 6.29. The largest absolute Gasteiger partial charge is 0.385 e. The van der Waals surface area contributed by atoms with Gasteiger partial charge in [0.1, 0.15) is 0 Å². The van der Waals surface area contributed by atoms with Crippen molar-refractivity contribution in [2.75, 3.05) is 20.3 Å². The topological polar surface area (TPSA) is 67.0 Å². The molecule has 0 fully saturated rings. The van der Waals surface area contributed by atoms with E-state index in [1.807, 2.05) is 12.1 Å². The second-order valence-electron chi connectivity index (χ2n) is 4.27. The number of benzene rings is 1. The van der Waals surface area contributed by atoms with Crippen molar-refractivity contribution in [3.63, 3.8) is 0 Å². The highest BCUT2D eigenvalue weighted by Crippen LogP contribution is 2.22. The molecule has 0 saturated heterocycles. The average molecular weight is 294 g/mol. The van der Waals surface area contributed by atoms with Crippen LogP contribution in [0.15, 0.2) is 30.5 Å². The molecule has 0 aliphatic carbocycles. The van der Waals surface area contributed by atoms with Crippen LogP contribution < -0.4 is 5.32 Å². The third-order valence-corrected chi connectivity index (χ3v) is 3.08. The maximum Gasteiger partial charge on any atom is 0.255 e. The molecular weight excluding hydrogens is 278 g/mol. The number of halogens is 1. The van der Waals surface area contributed by atoms with Crippen molar-refractivity contribution >= 4 is 17.5 Å². The number of hydrogen-bond acceptors (Lipinski definition) is 3. The number of aromatic nitrogens is 2. The van der Waals surface area contributed by atoms with E-state index in [1.54, 1.807) is 19.2 Å². The minimum absolute atomic E-state index is 0.153. The van der Waals surface area contributed by atoms with E-state index in [9.17, 15) is 4.79 Å². The van der Waals surface area contributed by atoms with E-state index >= 15 is 0 Å². The summed E-state index contributed by atoms with van der Waals surface area (Å²) in [6.45, 7) is 1.19. The predicted molar refractivity (Wildman–Crippen MR) is 77.9 cm³/mol. The highest BCUT2D eigenvalue weighted by atomic mass is 35.5. The number of hydrogen-bond donors (Lipinski definition) is 2. The molecule has 1 heterocycles. The normalized spacial score (nSPS) is 10.5. The first kappa shape index (κ1) is 14.6. The monoisotopic (exact) mass is 293 g/mol. The summed E-state index contributed by atoms with van der Waals surface area (Å²) in [5.74, 6) is -0.153. The molecule has 0 saturated carbocycles. The molecule has 20 heavy (non-hydrogen) atoms. The molecule has 2 aromatic rings. The van der Waals surface area contributed by atoms with E-state index < -0.39 is 0 Å². The summed E-state index contributed by atoms with van der Waals surface area (Å²) in [6, 6.07) is 7.24. The smallest absolute Gasteiger partial charge is 0.255 e. The average Bonchev–Trinajstić information content (AvgIpc) is 2.93. The summed E-state index contributed by atoms with van der Waals surface area (Å²) < 4.78 is 4.94. The van der Waals surface area contributed by atoms with E-state index in [0.29, 0.717) is 29.4 Å². The van der Waals surface area contributed by atoms with Gasteiger partial charge in [-0.3, -0.25) is 9.89 Å². The van der Waals surface area contributed by atoms with Crippen LogP contribution in [-0.4, -0.2) is 36.4 Å². The molecule has 0 spiro atoms. The minimum atomic E-state index is -0.153. The van der Waals surface area contributed by atoms with Crippen molar-refractivity contribution in [2.45, 2.75) is 6.42 Å². The number of carbonyl (C=O) groups excluding carboxylic acids is 1. The quantitative estimate of drug-likeness (QED) is 0.804. The van der Waals surface area contributed by atoms with Gasteiger partial charge < -0.3 is 10.1 Å². The Kier molecular flexibility index (Phi) is 5.15. The second kappa shape index (κ2) is 7.07. The maximum absolute atomic E-state index is 12.1. The fraction of sp³-hybridized carbons (Fsp3) is 0.286. The molecule has 0 bridgehead atoms. The molecule has 2 rings (SSSR count). The zero-order valence-electron chi connectivity index (χ0n) is 11.1. The van der Waals surface area contributed by atoms with E-state index in [4.69, 9.17) is 16.3 Å². The van der Waals surface area contributed by atoms with Gasteiger partial charge in [0.25, 0.3) is 5.91 Å². The molecule has 0 aliphatic heterocycles. The molecule has 5 nitrogen and oxygen atoms in total. The Balaban J connectivity index is 2.08. The fourth-order valence-electron chi connectivity index (χ4n) is 1.81. The number of ether oxygens (including phenoxy) is 1. The van der Waals surface area contributed by atoms with Gasteiger partial charge in [-0.1, -0.05) is 23.7 Å². The van der Waals surface area contributed by atoms with Crippen LogP contribution in [0.25, 0.3) is 11.3 Å². The van der Waals surface area contributed by atoms with Crippen molar-refractivity contribution in [3.8, 4) is 11.3 Å². The Morgan fingerprint density at radius 3 is 2.85 bits per heavy atom. The summed E-state index contributed by atoms with van der Waals surface area (Å²) in [5.41, 5.74) is 2.07. The molecular formula is C14H16ClN3O2. The zero-order chi connectivity index (χ0) is 14.4. The minimum Gasteiger partial charge on any atom is -0.385 e. The number of aromatic amines is 1. The third kappa shape index (κ3) is 3.59. The van der Waals surface area contributed by atoms with Crippen molar-refractivity contribution in [1.29, 1.82) is 0 Å². The Morgan fingerprint density at radius 2 is 2.15 bits per heavy atom. The van der Waals surface area contributed by atoms with Crippen LogP contribution in [0.5, 0.6) is 0 Å². The van der Waals surface area contributed by atoms with Crippen molar-refractivity contribution in [2.24, 2.45) is 0 Å². The number of H-pyrrole nitrogens is 1. The van der Waals surface area contributed by atoms with E-state index in [1.165, 1.54) is 6.20 Å². The SMILES string of the molecule is COCCCNC(=O)c1cn[nH]c1-c1ccc(Cl)cc1. The first-order chi connectivity index (χ1) is 9.72. The van der Waals surface area contributed by atoms with Gasteiger partial charge >= 0.3 is 0 Å². The van der Waals surface area contributed by atoms with Gasteiger partial charge in [-0.2, -0.15) is 5.10 Å². The zero-order valence-corrected chi connectivity index (χ0v) is 11.9. The highest BCUT2D eigenvalue weighted by molar-refractivity contribution is 6.30. The van der Waals surface area contributed by atoms with Crippen LogP contribution in [0, 0.1) is 0 Å². The maximum atomic E-state index is 12.1. The lowest BCUT2D eigenvalue weighted by Crippen LogP contribution is -2.25. The van der Waals surface area contributed by atoms with Gasteiger partial charge in [0.05, 0.1) is 17.5 Å². The van der Waals surface area contributed by atoms with Gasteiger partial charge in [-0.15, -0.1) is 0 Å². The molecule has 1 amide bonds. The van der Waals surface area contributed by atoms with Crippen molar-refractivity contribution in [1.82, 2.24) is 15.5 Å². The van der Waals surface area contributed by atoms with E-state index in [2.05, 4.69) is 15.5 Å². The fourth-order valence-corrected chi connectivity index (χ4v) is 1.93. The van der Waals surface area contributed by atoms with Crippen molar-refractivity contribution < 1.29 is 9.53 Å². The summed E-state index contributed by atoms with van der Waals surface area (Å²) in [6.07, 6.45) is 2.30. The van der Waals surface area contributed by atoms with Crippen LogP contribution in [0.2, 0.25) is 5.02 Å². The third-order valence-electron chi connectivity index (χ3n) is 2.83. The molecule has 0 atom stereocenters. The molecule has 6 heteroatoms. The van der Waals surface area contributed by atoms with Crippen LogP contribution in [0.3, 0.4) is 0 Å². The number of methoxy groups -OCH3 is 1. The number of nitrogens with zero attached hydrogens (tertiary/aromatic N) is 1. The second-order valence-corrected chi connectivity index (χ2v) is 4.70. The molecule has 1 aromatic carbocycles. The lowest BCUT2D eigenvalue weighted by Gasteiger charge is -2.05. The van der Waals surface area contributed by atoms with Crippen LogP contribution in [0.4, 0.5) is 0 Å². The molecule has 1 aromatic heterocycles. The number of rotatable bonds is 6. The summed E-state index contributed by atoms with van der Waals surface area (Å²) >= 11 is 5.86. The predicted octanol–water partition coefficient (Wildman–Crippen LogP) is 2.50. The van der Waals surface area contributed by atoms with E-state index in [0.717, 1.165) is 12.0 Å². The summed E-state index contributed by atoms with van der Waals surface area (Å²) in [4.78, 5) is 12.1. The van der Waals surface area contributed by atoms with Gasteiger partial charge in [-0.05, 0) is 18.6 Å². The Hall–Kier alpha value is -1.85. The van der Waals surface area contributed by atoms with Gasteiger partial charge in [0.2, 0.25) is 0 Å². The molecule has 0 radical (unpaired) electrons. The van der Waals surface area contributed by atoms with Crippen molar-refractivity contribution in [3.05, 3.63) is 41.0 Å². The standard InChI is InChI=1S/C14H16ClN3O2/c1-20-8-2-7-16-14(19)12-9-17-18-13(12)10-3-5-11(15)6-4-10/h3-6,9H,2,7-8H2,1H3,(H,16,19)(H,17,18). The van der Waals surface area contributed by atoms with Crippen LogP contribution >= 0.6 is 11.6 Å². The lowest BCUT2D eigenvalue weighted by molar-refractivity contribution is 0.0949. The summed E-state index contributed by atoms with van der Waals surface area (Å²) in [7, 11) is 1.64. The Morgan fingerprint density at radius 1 is 1.40 bits per heavy atom. The van der Waals surface area contributed by atoms with Crippen LogP contribution in [-0.2, 0) is 4.74 Å². The molecule has 0 aliphatic rings. The van der Waals surface area contributed by atoms with Gasteiger partial charge in [0.15, 0.2) is 0 Å². The molecule has 0 unspecified atom stereocenters. The Bertz CT molecular complexity index is 566. The highest BCUT2D eigenvalue weighted by Gasteiger charge is 2.14. The van der Waals surface area contributed by atoms with Crippen LogP contribution in [0.1, 0.15) is 16.8 Å². The van der Waals surface area contributed by atoms with Gasteiger partial charge in [-0.25, -0.2) is 0 Å².